The van der Waals surface area contributed by atoms with E-state index < -0.39 is 10.1 Å². The smallest absolute Gasteiger partial charge is 0.264 e. The topological polar surface area (TPSA) is 74.7 Å². The van der Waals surface area contributed by atoms with Crippen LogP contribution < -0.4 is 0 Å². The zero-order valence-electron chi connectivity index (χ0n) is 19.9. The van der Waals surface area contributed by atoms with E-state index in [1.165, 1.54) is 89.9 Å². The fourth-order valence-corrected chi connectivity index (χ4v) is 4.34. The lowest BCUT2D eigenvalue weighted by molar-refractivity contribution is -0.130. The fourth-order valence-electron chi connectivity index (χ4n) is 3.77. The largest absolute Gasteiger partial charge is 0.346 e. The maximum absolute atomic E-state index is 12.0. The Balaban J connectivity index is 3.32. The van der Waals surface area contributed by atoms with E-state index in [0.29, 0.717) is 25.8 Å². The molecule has 0 fully saturated rings. The van der Waals surface area contributed by atoms with Gasteiger partial charge in [-0.25, -0.2) is 0 Å². The lowest BCUT2D eigenvalue weighted by Crippen LogP contribution is -2.27. The summed E-state index contributed by atoms with van der Waals surface area (Å²) in [5.41, 5.74) is 0. The summed E-state index contributed by atoms with van der Waals surface area (Å²) in [7, 11) is -2.12. The summed E-state index contributed by atoms with van der Waals surface area (Å²) in [5.74, 6) is -0.0963. The Labute approximate surface area is 187 Å². The van der Waals surface area contributed by atoms with E-state index in [0.717, 1.165) is 12.8 Å². The van der Waals surface area contributed by atoms with Gasteiger partial charge in [-0.3, -0.25) is 9.35 Å². The number of carbonyl (C=O) groups is 1. The summed E-state index contributed by atoms with van der Waals surface area (Å²) in [4.78, 5) is 13.7. The quantitative estimate of drug-likeness (QED) is 0.147. The van der Waals surface area contributed by atoms with Crippen molar-refractivity contribution in [2.45, 2.75) is 129 Å². The van der Waals surface area contributed by atoms with Crippen molar-refractivity contribution in [3.63, 3.8) is 0 Å². The first kappa shape index (κ1) is 29.4. The average Bonchev–Trinajstić information content (AvgIpc) is 2.69. The minimum Gasteiger partial charge on any atom is -0.346 e. The summed E-state index contributed by atoms with van der Waals surface area (Å²) in [6, 6.07) is 0. The second kappa shape index (κ2) is 20.3. The molecule has 0 aliphatic rings. The van der Waals surface area contributed by atoms with Crippen molar-refractivity contribution in [1.82, 2.24) is 4.90 Å². The van der Waals surface area contributed by atoms with Crippen LogP contribution in [0.3, 0.4) is 0 Å². The molecule has 0 bridgehead atoms. The van der Waals surface area contributed by atoms with Crippen molar-refractivity contribution in [1.29, 1.82) is 0 Å². The van der Waals surface area contributed by atoms with Gasteiger partial charge in [-0.05, 0) is 19.3 Å². The number of carbonyl (C=O) groups excluding carboxylic acids is 1. The van der Waals surface area contributed by atoms with E-state index in [2.05, 4.69) is 6.92 Å². The van der Waals surface area contributed by atoms with Crippen LogP contribution in [0.1, 0.15) is 129 Å². The molecule has 0 rings (SSSR count). The Bertz CT molecular complexity index is 493. The minimum absolute atomic E-state index is 0.132. The second-order valence-electron chi connectivity index (χ2n) is 8.86. The highest BCUT2D eigenvalue weighted by atomic mass is 32.2. The van der Waals surface area contributed by atoms with Crippen LogP contribution in [0.2, 0.25) is 0 Å². The first-order valence-corrected chi connectivity index (χ1v) is 14.2. The van der Waals surface area contributed by atoms with Gasteiger partial charge in [0.2, 0.25) is 5.91 Å². The molecular weight excluding hydrogens is 398 g/mol. The fraction of sp³-hybridized carbons (Fsp3) is 0.958. The van der Waals surface area contributed by atoms with Gasteiger partial charge >= 0.3 is 0 Å². The van der Waals surface area contributed by atoms with E-state index in [-0.39, 0.29) is 11.7 Å². The number of unbranched alkanes of at least 4 members (excludes halogenated alkanes) is 16. The average molecular weight is 448 g/mol. The van der Waals surface area contributed by atoms with Crippen LogP contribution in [-0.2, 0) is 14.9 Å². The summed E-state index contributed by atoms with van der Waals surface area (Å²) < 4.78 is 30.0. The molecule has 0 aromatic heterocycles. The molecule has 0 aromatic carbocycles. The number of hydrogen-bond acceptors (Lipinski definition) is 3. The third kappa shape index (κ3) is 22.1. The summed E-state index contributed by atoms with van der Waals surface area (Å²) in [6.45, 7) is 2.82. The molecule has 6 heteroatoms. The zero-order valence-corrected chi connectivity index (χ0v) is 20.7. The SMILES string of the molecule is CCCCCCCCCCCCCCCCCCC(=O)N(C)CCCCS(=O)(=O)O. The molecule has 0 atom stereocenters. The summed E-state index contributed by atoms with van der Waals surface area (Å²) >= 11 is 0. The molecule has 0 aliphatic carbocycles. The molecule has 1 amide bonds. The van der Waals surface area contributed by atoms with Crippen molar-refractivity contribution in [3.05, 3.63) is 0 Å². The van der Waals surface area contributed by atoms with Crippen LogP contribution in [0.5, 0.6) is 0 Å². The van der Waals surface area contributed by atoms with Gasteiger partial charge in [0.05, 0.1) is 5.75 Å². The van der Waals surface area contributed by atoms with Gasteiger partial charge in [-0.1, -0.05) is 103 Å². The van der Waals surface area contributed by atoms with Crippen molar-refractivity contribution in [2.75, 3.05) is 19.3 Å². The van der Waals surface area contributed by atoms with Crippen molar-refractivity contribution >= 4 is 16.0 Å². The van der Waals surface area contributed by atoms with Gasteiger partial charge < -0.3 is 4.90 Å². The van der Waals surface area contributed by atoms with Gasteiger partial charge in [0.25, 0.3) is 10.1 Å². The maximum Gasteiger partial charge on any atom is 0.264 e. The zero-order chi connectivity index (χ0) is 22.5. The van der Waals surface area contributed by atoms with Crippen molar-refractivity contribution in [3.8, 4) is 0 Å². The molecule has 30 heavy (non-hydrogen) atoms. The summed E-state index contributed by atoms with van der Waals surface area (Å²) in [5, 5.41) is 0. The van der Waals surface area contributed by atoms with Crippen molar-refractivity contribution < 1.29 is 17.8 Å². The van der Waals surface area contributed by atoms with E-state index in [1.807, 2.05) is 0 Å². The van der Waals surface area contributed by atoms with E-state index in [9.17, 15) is 13.2 Å². The molecule has 0 heterocycles. The van der Waals surface area contributed by atoms with Gasteiger partial charge in [0.15, 0.2) is 0 Å². The lowest BCUT2D eigenvalue weighted by atomic mass is 10.0. The Morgan fingerprint density at radius 1 is 0.667 bits per heavy atom. The monoisotopic (exact) mass is 447 g/mol. The highest BCUT2D eigenvalue weighted by Crippen LogP contribution is 2.14. The minimum atomic E-state index is -3.88. The Hall–Kier alpha value is -0.620. The van der Waals surface area contributed by atoms with Crippen LogP contribution in [0.4, 0.5) is 0 Å². The number of rotatable bonds is 22. The normalized spacial score (nSPS) is 11.7. The Kier molecular flexibility index (Phi) is 19.9. The lowest BCUT2D eigenvalue weighted by Gasteiger charge is -2.16. The van der Waals surface area contributed by atoms with Crippen molar-refractivity contribution in [2.24, 2.45) is 0 Å². The molecule has 5 nitrogen and oxygen atoms in total. The van der Waals surface area contributed by atoms with Crippen LogP contribution in [0, 0.1) is 0 Å². The third-order valence-corrected chi connectivity index (χ3v) is 6.62. The van der Waals surface area contributed by atoms with Gasteiger partial charge in [0, 0.05) is 20.0 Å². The van der Waals surface area contributed by atoms with E-state index >= 15 is 0 Å². The predicted molar refractivity (Wildman–Crippen MR) is 127 cm³/mol. The van der Waals surface area contributed by atoms with Crippen LogP contribution in [0.25, 0.3) is 0 Å². The van der Waals surface area contributed by atoms with Crippen LogP contribution >= 0.6 is 0 Å². The molecule has 0 spiro atoms. The third-order valence-electron chi connectivity index (χ3n) is 5.82. The molecule has 1 N–H and O–H groups in total. The molecule has 180 valence electrons. The Morgan fingerprint density at radius 2 is 1.07 bits per heavy atom. The highest BCUT2D eigenvalue weighted by molar-refractivity contribution is 7.85. The van der Waals surface area contributed by atoms with Gasteiger partial charge in [-0.15, -0.1) is 0 Å². The standard InChI is InChI=1S/C24H49NO4S/c1-3-4-5-6-7-8-9-10-11-12-13-14-15-16-17-18-21-24(26)25(2)22-19-20-23-30(27,28)29/h3-23H2,1-2H3,(H,27,28,29). The number of amides is 1. The van der Waals surface area contributed by atoms with Gasteiger partial charge in [-0.2, -0.15) is 8.42 Å². The molecule has 0 saturated heterocycles. The van der Waals surface area contributed by atoms with E-state index in [4.69, 9.17) is 4.55 Å². The molecule has 0 saturated carbocycles. The first-order valence-electron chi connectivity index (χ1n) is 12.6. The molecular formula is C24H49NO4S. The molecule has 0 radical (unpaired) electrons. The first-order chi connectivity index (χ1) is 14.4. The number of nitrogens with zero attached hydrogens (tertiary/aromatic N) is 1. The molecule has 0 aliphatic heterocycles. The van der Waals surface area contributed by atoms with E-state index in [1.54, 1.807) is 11.9 Å². The van der Waals surface area contributed by atoms with Crippen LogP contribution in [-0.4, -0.2) is 43.1 Å². The van der Waals surface area contributed by atoms with Crippen LogP contribution in [0.15, 0.2) is 0 Å². The second-order valence-corrected chi connectivity index (χ2v) is 10.4. The number of hydrogen-bond donors (Lipinski definition) is 1. The summed E-state index contributed by atoms with van der Waals surface area (Å²) in [6.07, 6.45) is 22.7. The van der Waals surface area contributed by atoms with Gasteiger partial charge in [0.1, 0.15) is 0 Å². The molecule has 0 aromatic rings. The molecule has 0 unspecified atom stereocenters. The highest BCUT2D eigenvalue weighted by Gasteiger charge is 2.09. The Morgan fingerprint density at radius 3 is 1.47 bits per heavy atom. The maximum atomic E-state index is 12.0. The predicted octanol–water partition coefficient (Wildman–Crippen LogP) is 6.76.